The van der Waals surface area contributed by atoms with Crippen molar-refractivity contribution in [3.63, 3.8) is 0 Å². The Morgan fingerprint density at radius 1 is 1.16 bits per heavy atom. The minimum absolute atomic E-state index is 0.0936. The average molecular weight is 388 g/mol. The molecule has 0 saturated carbocycles. The smallest absolute Gasteiger partial charge is 0.336 e. The van der Waals surface area contributed by atoms with Crippen LogP contribution in [0.5, 0.6) is 0 Å². The van der Waals surface area contributed by atoms with Crippen LogP contribution in [-0.2, 0) is 4.79 Å². The monoisotopic (exact) mass is 388 g/mol. The fourth-order valence-electron chi connectivity index (χ4n) is 1.78. The minimum Gasteiger partial charge on any atom is -0.481 e. The van der Waals surface area contributed by atoms with E-state index in [0.717, 1.165) is 20.7 Å². The van der Waals surface area contributed by atoms with Crippen LogP contribution in [0, 0.1) is 3.57 Å². The molecule has 2 aromatic carbocycles. The average Bonchev–Trinajstić information content (AvgIpc) is 2.37. The standard InChI is InChI=1S/C13H9IO4S/c14-9-4-5-10(19-6-11(15)16)12-7(9)2-1-3-8(12)13(17)18/h1-5H,6H2,(H,15,16)(H,17,18). The molecule has 0 aromatic heterocycles. The number of aromatic carboxylic acids is 1. The van der Waals surface area contributed by atoms with Crippen LogP contribution in [0.3, 0.4) is 0 Å². The molecule has 0 aliphatic heterocycles. The summed E-state index contributed by atoms with van der Waals surface area (Å²) < 4.78 is 0.940. The maximum atomic E-state index is 11.3. The second-order valence-electron chi connectivity index (χ2n) is 3.76. The second kappa shape index (κ2) is 5.79. The fraction of sp³-hybridized carbons (Fsp3) is 0.0769. The van der Waals surface area contributed by atoms with E-state index >= 15 is 0 Å². The van der Waals surface area contributed by atoms with E-state index < -0.39 is 11.9 Å². The lowest BCUT2D eigenvalue weighted by Crippen LogP contribution is -2.01. The number of benzene rings is 2. The maximum absolute atomic E-state index is 11.3. The second-order valence-corrected chi connectivity index (χ2v) is 5.94. The number of carboxylic acids is 2. The SMILES string of the molecule is O=C(O)CSc1ccc(I)c2cccc(C(=O)O)c12. The lowest BCUT2D eigenvalue weighted by Gasteiger charge is -2.09. The van der Waals surface area contributed by atoms with Crippen LogP contribution in [0.1, 0.15) is 10.4 Å². The summed E-state index contributed by atoms with van der Waals surface area (Å²) in [5, 5.41) is 19.4. The Hall–Kier alpha value is -1.28. The topological polar surface area (TPSA) is 74.6 Å². The van der Waals surface area contributed by atoms with E-state index in [1.165, 1.54) is 6.07 Å². The van der Waals surface area contributed by atoms with Crippen LogP contribution in [-0.4, -0.2) is 27.9 Å². The van der Waals surface area contributed by atoms with Gasteiger partial charge in [-0.15, -0.1) is 11.8 Å². The molecule has 0 bridgehead atoms. The Morgan fingerprint density at radius 3 is 2.53 bits per heavy atom. The van der Waals surface area contributed by atoms with Crippen LogP contribution in [0.25, 0.3) is 10.8 Å². The van der Waals surface area contributed by atoms with Crippen molar-refractivity contribution in [3.05, 3.63) is 39.5 Å². The van der Waals surface area contributed by atoms with Gasteiger partial charge in [0.25, 0.3) is 0 Å². The Labute approximate surface area is 127 Å². The molecule has 0 amide bonds. The van der Waals surface area contributed by atoms with E-state index in [1.807, 2.05) is 12.1 Å². The summed E-state index contributed by atoms with van der Waals surface area (Å²) in [4.78, 5) is 22.6. The molecule has 2 aromatic rings. The zero-order chi connectivity index (χ0) is 14.0. The number of carboxylic acid groups (broad SMARTS) is 2. The van der Waals surface area contributed by atoms with Gasteiger partial charge in [-0.05, 0) is 46.2 Å². The van der Waals surface area contributed by atoms with Crippen molar-refractivity contribution in [2.24, 2.45) is 0 Å². The Balaban J connectivity index is 2.66. The zero-order valence-electron chi connectivity index (χ0n) is 9.59. The molecule has 0 spiro atoms. The van der Waals surface area contributed by atoms with Crippen molar-refractivity contribution in [2.45, 2.75) is 4.90 Å². The highest BCUT2D eigenvalue weighted by molar-refractivity contribution is 14.1. The van der Waals surface area contributed by atoms with Crippen LogP contribution in [0.2, 0.25) is 0 Å². The van der Waals surface area contributed by atoms with Gasteiger partial charge in [0.05, 0.1) is 11.3 Å². The van der Waals surface area contributed by atoms with Crippen molar-refractivity contribution >= 4 is 57.1 Å². The van der Waals surface area contributed by atoms with Gasteiger partial charge in [-0.1, -0.05) is 12.1 Å². The highest BCUT2D eigenvalue weighted by atomic mass is 127. The van der Waals surface area contributed by atoms with E-state index in [1.54, 1.807) is 12.1 Å². The van der Waals surface area contributed by atoms with Gasteiger partial charge >= 0.3 is 11.9 Å². The third-order valence-corrected chi connectivity index (χ3v) is 4.51. The van der Waals surface area contributed by atoms with Crippen LogP contribution < -0.4 is 0 Å². The number of rotatable bonds is 4. The largest absolute Gasteiger partial charge is 0.481 e. The van der Waals surface area contributed by atoms with Gasteiger partial charge in [0.2, 0.25) is 0 Å². The van der Waals surface area contributed by atoms with Gasteiger partial charge in [0.15, 0.2) is 0 Å². The predicted molar refractivity (Wildman–Crippen MR) is 82.0 cm³/mol. The van der Waals surface area contributed by atoms with Gasteiger partial charge in [0, 0.05) is 13.9 Å². The summed E-state index contributed by atoms with van der Waals surface area (Å²) in [6.45, 7) is 0. The number of halogens is 1. The van der Waals surface area contributed by atoms with E-state index in [-0.39, 0.29) is 11.3 Å². The van der Waals surface area contributed by atoms with E-state index in [0.29, 0.717) is 10.3 Å². The molecule has 0 fully saturated rings. The molecule has 6 heteroatoms. The van der Waals surface area contributed by atoms with Gasteiger partial charge in [-0.25, -0.2) is 4.79 Å². The fourth-order valence-corrected chi connectivity index (χ4v) is 3.21. The summed E-state index contributed by atoms with van der Waals surface area (Å²) in [6.07, 6.45) is 0. The first kappa shape index (κ1) is 14.1. The maximum Gasteiger partial charge on any atom is 0.336 e. The molecule has 0 unspecified atom stereocenters. The van der Waals surface area contributed by atoms with Gasteiger partial charge in [-0.2, -0.15) is 0 Å². The molecule has 98 valence electrons. The molecule has 0 heterocycles. The quantitative estimate of drug-likeness (QED) is 0.621. The Kier molecular flexibility index (Phi) is 4.31. The highest BCUT2D eigenvalue weighted by Gasteiger charge is 2.14. The summed E-state index contributed by atoms with van der Waals surface area (Å²) in [7, 11) is 0. The third-order valence-electron chi connectivity index (χ3n) is 2.53. The summed E-state index contributed by atoms with van der Waals surface area (Å²) in [6, 6.07) is 8.70. The highest BCUT2D eigenvalue weighted by Crippen LogP contribution is 2.33. The Bertz CT molecular complexity index is 669. The summed E-state index contributed by atoms with van der Waals surface area (Å²) in [5.74, 6) is -2.03. The van der Waals surface area contributed by atoms with Crippen molar-refractivity contribution in [1.82, 2.24) is 0 Å². The third kappa shape index (κ3) is 3.01. The number of thioether (sulfide) groups is 1. The van der Waals surface area contributed by atoms with Crippen molar-refractivity contribution < 1.29 is 19.8 Å². The molecule has 2 rings (SSSR count). The van der Waals surface area contributed by atoms with Crippen LogP contribution in [0.15, 0.2) is 35.2 Å². The van der Waals surface area contributed by atoms with Gasteiger partial charge < -0.3 is 10.2 Å². The van der Waals surface area contributed by atoms with Gasteiger partial charge in [-0.3, -0.25) is 4.79 Å². The summed E-state index contributed by atoms with van der Waals surface area (Å²) >= 11 is 3.27. The number of hydrogen-bond donors (Lipinski definition) is 2. The van der Waals surface area contributed by atoms with Crippen molar-refractivity contribution in [3.8, 4) is 0 Å². The molecule has 0 radical (unpaired) electrons. The summed E-state index contributed by atoms with van der Waals surface area (Å²) in [5.41, 5.74) is 0.198. The zero-order valence-corrected chi connectivity index (χ0v) is 12.6. The van der Waals surface area contributed by atoms with E-state index in [9.17, 15) is 14.7 Å². The molecular formula is C13H9IO4S. The lowest BCUT2D eigenvalue weighted by molar-refractivity contribution is -0.133. The van der Waals surface area contributed by atoms with E-state index in [2.05, 4.69) is 22.6 Å². The molecule has 0 aliphatic rings. The number of hydrogen-bond acceptors (Lipinski definition) is 3. The van der Waals surface area contributed by atoms with Crippen molar-refractivity contribution in [1.29, 1.82) is 0 Å². The number of aliphatic carboxylic acids is 1. The lowest BCUT2D eigenvalue weighted by atomic mass is 10.0. The first-order valence-corrected chi connectivity index (χ1v) is 7.36. The van der Waals surface area contributed by atoms with Crippen molar-refractivity contribution in [2.75, 3.05) is 5.75 Å². The molecular weight excluding hydrogens is 379 g/mol. The van der Waals surface area contributed by atoms with Gasteiger partial charge in [0.1, 0.15) is 0 Å². The molecule has 4 nitrogen and oxygen atoms in total. The molecule has 0 atom stereocenters. The van der Waals surface area contributed by atoms with Crippen LogP contribution in [0.4, 0.5) is 0 Å². The van der Waals surface area contributed by atoms with Crippen LogP contribution >= 0.6 is 34.4 Å². The molecule has 2 N–H and O–H groups in total. The first-order chi connectivity index (χ1) is 9.00. The van der Waals surface area contributed by atoms with E-state index in [4.69, 9.17) is 5.11 Å². The molecule has 19 heavy (non-hydrogen) atoms. The molecule has 0 aliphatic carbocycles. The first-order valence-electron chi connectivity index (χ1n) is 5.30. The normalized spacial score (nSPS) is 10.6. The number of carbonyl (C=O) groups is 2. The number of fused-ring (bicyclic) bond motifs is 1. The Morgan fingerprint density at radius 2 is 1.89 bits per heavy atom. The predicted octanol–water partition coefficient (Wildman–Crippen LogP) is 3.32. The molecule has 0 saturated heterocycles. The minimum atomic E-state index is -1.01.